The van der Waals surface area contributed by atoms with E-state index in [0.29, 0.717) is 5.82 Å². The average molecular weight is 525 g/mol. The second-order valence-electron chi connectivity index (χ2n) is 10.8. The van der Waals surface area contributed by atoms with Crippen molar-refractivity contribution in [1.82, 2.24) is 9.97 Å². The highest BCUT2D eigenvalue weighted by molar-refractivity contribution is 6.24. The normalized spacial score (nSPS) is 13.1. The molecule has 1 aliphatic rings. The molecule has 0 spiro atoms. The molecule has 0 radical (unpaired) electrons. The van der Waals surface area contributed by atoms with Gasteiger partial charge in [-0.25, -0.2) is 9.97 Å². The molecule has 0 unspecified atom stereocenters. The van der Waals surface area contributed by atoms with Gasteiger partial charge >= 0.3 is 0 Å². The smallest absolute Gasteiger partial charge is 0.164 e. The van der Waals surface area contributed by atoms with Gasteiger partial charge in [-0.05, 0) is 63.4 Å². The molecule has 192 valence electrons. The van der Waals surface area contributed by atoms with Gasteiger partial charge in [-0.2, -0.15) is 0 Å². The van der Waals surface area contributed by atoms with Crippen molar-refractivity contribution in [3.63, 3.8) is 0 Å². The summed E-state index contributed by atoms with van der Waals surface area (Å²) in [5.74, 6) is 0.678. The lowest BCUT2D eigenvalue weighted by molar-refractivity contribution is 0.670. The fraction of sp³-hybridized carbons (Fsp3) is 0.0526. The van der Waals surface area contributed by atoms with E-state index in [2.05, 4.69) is 109 Å². The molecule has 8 aromatic rings. The SMILES string of the molecule is C1=c2c(c3ccc(-c4nc(-c5ccc(-c6ccccc6)cc5)c5ccccc5n4)c4oc5cccc2c5c43)=CCC1. The number of furan rings is 1. The van der Waals surface area contributed by atoms with Crippen molar-refractivity contribution < 1.29 is 4.42 Å². The minimum Gasteiger partial charge on any atom is -0.455 e. The van der Waals surface area contributed by atoms with Crippen molar-refractivity contribution in [1.29, 1.82) is 0 Å². The van der Waals surface area contributed by atoms with Gasteiger partial charge in [0.15, 0.2) is 5.82 Å². The van der Waals surface area contributed by atoms with Crippen LogP contribution in [0.25, 0.3) is 89.5 Å². The fourth-order valence-corrected chi connectivity index (χ4v) is 6.60. The van der Waals surface area contributed by atoms with Gasteiger partial charge < -0.3 is 4.42 Å². The number of fused-ring (bicyclic) bond motifs is 4. The summed E-state index contributed by atoms with van der Waals surface area (Å²) in [5.41, 5.74) is 7.97. The molecule has 0 atom stereocenters. The lowest BCUT2D eigenvalue weighted by atomic mass is 9.93. The molecule has 0 N–H and O–H groups in total. The highest BCUT2D eigenvalue weighted by atomic mass is 16.3. The number of aromatic nitrogens is 2. The standard InChI is InChI=1S/C38H24N2O/c1-2-9-23(10-3-1)24-17-19-25(20-18-24)36-30-13-6-7-15-32(30)39-38(40-36)31-22-21-29-27-12-5-4-11-26(27)28-14-8-16-33-34(28)35(29)37(31)41-33/h1-3,6-22H,4-5H2. The molecule has 0 saturated heterocycles. The Bertz CT molecular complexity index is 2400. The van der Waals surface area contributed by atoms with E-state index in [1.165, 1.54) is 43.1 Å². The maximum absolute atomic E-state index is 6.63. The molecule has 0 bridgehead atoms. The lowest BCUT2D eigenvalue weighted by Gasteiger charge is -2.12. The average Bonchev–Trinajstić information content (AvgIpc) is 3.44. The molecule has 2 aromatic heterocycles. The first-order valence-corrected chi connectivity index (χ1v) is 14.2. The predicted molar refractivity (Wildman–Crippen MR) is 169 cm³/mol. The topological polar surface area (TPSA) is 38.9 Å². The third-order valence-corrected chi connectivity index (χ3v) is 8.49. The van der Waals surface area contributed by atoms with Crippen LogP contribution >= 0.6 is 0 Å². The van der Waals surface area contributed by atoms with Gasteiger partial charge in [-0.3, -0.25) is 0 Å². The molecular formula is C38H24N2O. The van der Waals surface area contributed by atoms with Crippen molar-refractivity contribution in [2.75, 3.05) is 0 Å². The Balaban J connectivity index is 1.30. The van der Waals surface area contributed by atoms with Crippen molar-refractivity contribution in [3.8, 4) is 33.8 Å². The molecular weight excluding hydrogens is 500 g/mol. The van der Waals surface area contributed by atoms with Crippen LogP contribution in [-0.4, -0.2) is 9.97 Å². The lowest BCUT2D eigenvalue weighted by Crippen LogP contribution is -2.28. The Labute approximate surface area is 236 Å². The van der Waals surface area contributed by atoms with Crippen molar-refractivity contribution >= 4 is 55.8 Å². The van der Waals surface area contributed by atoms with Crippen LogP contribution in [0, 0.1) is 0 Å². The van der Waals surface area contributed by atoms with Crippen LogP contribution in [-0.2, 0) is 0 Å². The Morgan fingerprint density at radius 1 is 0.512 bits per heavy atom. The monoisotopic (exact) mass is 524 g/mol. The molecule has 0 aliphatic heterocycles. The molecule has 41 heavy (non-hydrogen) atoms. The quantitative estimate of drug-likeness (QED) is 0.218. The number of nitrogens with zero attached hydrogens (tertiary/aromatic N) is 2. The van der Waals surface area contributed by atoms with Crippen LogP contribution in [0.2, 0.25) is 0 Å². The van der Waals surface area contributed by atoms with Crippen molar-refractivity contribution in [2.45, 2.75) is 12.8 Å². The zero-order chi connectivity index (χ0) is 26.9. The largest absolute Gasteiger partial charge is 0.455 e. The number of hydrogen-bond acceptors (Lipinski definition) is 3. The summed E-state index contributed by atoms with van der Waals surface area (Å²) < 4.78 is 6.63. The molecule has 3 nitrogen and oxygen atoms in total. The van der Waals surface area contributed by atoms with E-state index in [-0.39, 0.29) is 0 Å². The molecule has 1 aliphatic carbocycles. The summed E-state index contributed by atoms with van der Waals surface area (Å²) in [6, 6.07) is 38.2. The molecule has 9 rings (SSSR count). The van der Waals surface area contributed by atoms with Crippen LogP contribution in [0.5, 0.6) is 0 Å². The number of hydrogen-bond donors (Lipinski definition) is 0. The highest BCUT2D eigenvalue weighted by Crippen LogP contribution is 2.40. The molecule has 6 aromatic carbocycles. The van der Waals surface area contributed by atoms with Crippen LogP contribution in [0.3, 0.4) is 0 Å². The summed E-state index contributed by atoms with van der Waals surface area (Å²) in [7, 11) is 0. The van der Waals surface area contributed by atoms with Gasteiger partial charge in [-0.15, -0.1) is 0 Å². The second kappa shape index (κ2) is 8.61. The van der Waals surface area contributed by atoms with Gasteiger partial charge in [0, 0.05) is 21.7 Å². The van der Waals surface area contributed by atoms with E-state index >= 15 is 0 Å². The van der Waals surface area contributed by atoms with E-state index in [0.717, 1.165) is 51.7 Å². The first-order chi connectivity index (χ1) is 20.3. The molecule has 2 heterocycles. The fourth-order valence-electron chi connectivity index (χ4n) is 6.60. The Kier molecular flexibility index (Phi) is 4.73. The number of para-hydroxylation sites is 1. The van der Waals surface area contributed by atoms with Gasteiger partial charge in [0.1, 0.15) is 11.2 Å². The molecule has 0 amide bonds. The van der Waals surface area contributed by atoms with Gasteiger partial charge in [0.05, 0.1) is 16.8 Å². The van der Waals surface area contributed by atoms with Crippen LogP contribution < -0.4 is 10.4 Å². The van der Waals surface area contributed by atoms with Gasteiger partial charge in [0.25, 0.3) is 0 Å². The van der Waals surface area contributed by atoms with E-state index in [1.807, 2.05) is 12.1 Å². The second-order valence-corrected chi connectivity index (χ2v) is 10.8. The van der Waals surface area contributed by atoms with E-state index in [4.69, 9.17) is 14.4 Å². The summed E-state index contributed by atoms with van der Waals surface area (Å²) in [5, 5.41) is 8.54. The Hall–Kier alpha value is -5.28. The Morgan fingerprint density at radius 2 is 1.20 bits per heavy atom. The minimum atomic E-state index is 0.678. The van der Waals surface area contributed by atoms with Gasteiger partial charge in [0.2, 0.25) is 0 Å². The number of benzene rings is 6. The van der Waals surface area contributed by atoms with Crippen LogP contribution in [0.15, 0.2) is 114 Å². The maximum Gasteiger partial charge on any atom is 0.164 e. The highest BCUT2D eigenvalue weighted by Gasteiger charge is 2.21. The first-order valence-electron chi connectivity index (χ1n) is 14.2. The van der Waals surface area contributed by atoms with E-state index in [1.54, 1.807) is 0 Å². The first kappa shape index (κ1) is 22.5. The zero-order valence-electron chi connectivity index (χ0n) is 22.3. The van der Waals surface area contributed by atoms with Gasteiger partial charge in [-0.1, -0.05) is 103 Å². The minimum absolute atomic E-state index is 0.678. The van der Waals surface area contributed by atoms with Crippen molar-refractivity contribution in [2.24, 2.45) is 0 Å². The molecule has 0 saturated carbocycles. The third kappa shape index (κ3) is 3.33. The van der Waals surface area contributed by atoms with Crippen LogP contribution in [0.4, 0.5) is 0 Å². The molecule has 0 fully saturated rings. The summed E-state index contributed by atoms with van der Waals surface area (Å²) in [4.78, 5) is 10.3. The Morgan fingerprint density at radius 3 is 2.02 bits per heavy atom. The third-order valence-electron chi connectivity index (χ3n) is 8.49. The van der Waals surface area contributed by atoms with E-state index < -0.39 is 0 Å². The predicted octanol–water partition coefficient (Wildman–Crippen LogP) is 8.48. The van der Waals surface area contributed by atoms with Crippen LogP contribution in [0.1, 0.15) is 12.8 Å². The molecule has 3 heteroatoms. The number of rotatable bonds is 3. The maximum atomic E-state index is 6.63. The zero-order valence-corrected chi connectivity index (χ0v) is 22.3. The van der Waals surface area contributed by atoms with Crippen molar-refractivity contribution in [3.05, 3.63) is 120 Å². The summed E-state index contributed by atoms with van der Waals surface area (Å²) >= 11 is 0. The summed E-state index contributed by atoms with van der Waals surface area (Å²) in [6.45, 7) is 0. The summed E-state index contributed by atoms with van der Waals surface area (Å²) in [6.07, 6.45) is 6.89. The van der Waals surface area contributed by atoms with E-state index in [9.17, 15) is 0 Å².